The van der Waals surface area contributed by atoms with Gasteiger partial charge < -0.3 is 14.6 Å². The number of ether oxygens (including phenoxy) is 2. The third-order valence-electron chi connectivity index (χ3n) is 3.18. The number of anilines is 1. The number of nitrogens with zero attached hydrogens (tertiary/aromatic N) is 2. The van der Waals surface area contributed by atoms with Crippen LogP contribution in [0.2, 0.25) is 5.15 Å². The zero-order valence-corrected chi connectivity index (χ0v) is 13.8. The first kappa shape index (κ1) is 17.7. The van der Waals surface area contributed by atoms with Gasteiger partial charge in [-0.25, -0.2) is 9.78 Å². The number of aromatic nitrogens is 1. The van der Waals surface area contributed by atoms with Crippen molar-refractivity contribution in [1.82, 2.24) is 4.98 Å². The molecule has 1 aromatic carbocycles. The number of hydrogen-bond donors (Lipinski definition) is 1. The van der Waals surface area contributed by atoms with Crippen LogP contribution < -0.4 is 9.64 Å². The van der Waals surface area contributed by atoms with E-state index in [1.165, 1.54) is 49.6 Å². The van der Waals surface area contributed by atoms with Crippen LogP contribution in [-0.2, 0) is 4.74 Å². The van der Waals surface area contributed by atoms with E-state index in [1.54, 1.807) is 6.07 Å². The van der Waals surface area contributed by atoms with E-state index in [4.69, 9.17) is 21.1 Å². The zero-order valence-electron chi connectivity index (χ0n) is 13.0. The van der Waals surface area contributed by atoms with E-state index in [1.807, 2.05) is 0 Å². The summed E-state index contributed by atoms with van der Waals surface area (Å²) < 4.78 is 10.2. The maximum Gasteiger partial charge on any atom is 0.335 e. The first-order valence-corrected chi connectivity index (χ1v) is 7.19. The highest BCUT2D eigenvalue weighted by molar-refractivity contribution is 6.33. The summed E-state index contributed by atoms with van der Waals surface area (Å²) in [6.45, 7) is -0.101. The number of methoxy groups -OCH3 is 2. The van der Waals surface area contributed by atoms with E-state index >= 15 is 0 Å². The minimum atomic E-state index is -1.14. The Balaban J connectivity index is 2.51. The van der Waals surface area contributed by atoms with Crippen LogP contribution in [0.15, 0.2) is 36.5 Å². The highest BCUT2D eigenvalue weighted by atomic mass is 35.5. The lowest BCUT2D eigenvalue weighted by molar-refractivity contribution is 0.0695. The first-order valence-electron chi connectivity index (χ1n) is 6.81. The molecule has 2 rings (SSSR count). The monoisotopic (exact) mass is 350 g/mol. The summed E-state index contributed by atoms with van der Waals surface area (Å²) in [5.74, 6) is -1.31. The van der Waals surface area contributed by atoms with Gasteiger partial charge in [0.2, 0.25) is 0 Å². The summed E-state index contributed by atoms with van der Waals surface area (Å²) in [6, 6.07) is 7.36. The number of carbonyl (C=O) groups is 2. The highest BCUT2D eigenvalue weighted by Gasteiger charge is 2.22. The van der Waals surface area contributed by atoms with Crippen molar-refractivity contribution in [1.29, 1.82) is 0 Å². The molecule has 0 aliphatic heterocycles. The fourth-order valence-corrected chi connectivity index (χ4v) is 2.25. The molecule has 0 aliphatic carbocycles. The van der Waals surface area contributed by atoms with Gasteiger partial charge in [-0.3, -0.25) is 9.69 Å². The number of halogens is 1. The van der Waals surface area contributed by atoms with Gasteiger partial charge in [-0.2, -0.15) is 0 Å². The van der Waals surface area contributed by atoms with Crippen molar-refractivity contribution < 1.29 is 24.2 Å². The van der Waals surface area contributed by atoms with Crippen molar-refractivity contribution in [2.45, 2.75) is 0 Å². The molecule has 126 valence electrons. The molecule has 0 atom stereocenters. The van der Waals surface area contributed by atoms with E-state index in [0.717, 1.165) is 0 Å². The van der Waals surface area contributed by atoms with Gasteiger partial charge in [-0.05, 0) is 24.3 Å². The molecule has 0 fully saturated rings. The molecule has 7 nitrogen and oxygen atoms in total. The van der Waals surface area contributed by atoms with Crippen LogP contribution >= 0.6 is 11.6 Å². The minimum Gasteiger partial charge on any atom is -0.497 e. The van der Waals surface area contributed by atoms with E-state index < -0.39 is 11.9 Å². The molecule has 1 aromatic heterocycles. The Bertz CT molecular complexity index is 766. The van der Waals surface area contributed by atoms with Crippen molar-refractivity contribution in [3.8, 4) is 5.75 Å². The van der Waals surface area contributed by atoms with Crippen LogP contribution in [0.4, 0.5) is 5.69 Å². The summed E-state index contributed by atoms with van der Waals surface area (Å²) in [6.07, 6.45) is 1.47. The largest absolute Gasteiger partial charge is 0.497 e. The molecule has 2 aromatic rings. The number of pyridine rings is 1. The summed E-state index contributed by atoms with van der Waals surface area (Å²) in [7, 11) is 2.83. The second-order valence-corrected chi connectivity index (χ2v) is 5.08. The molecule has 0 radical (unpaired) electrons. The first-order chi connectivity index (χ1) is 11.5. The van der Waals surface area contributed by atoms with Gasteiger partial charge in [0.1, 0.15) is 17.6 Å². The Kier molecular flexibility index (Phi) is 5.73. The third-order valence-corrected chi connectivity index (χ3v) is 3.48. The van der Waals surface area contributed by atoms with Crippen molar-refractivity contribution in [3.05, 3.63) is 52.8 Å². The number of carboxylic acids is 1. The highest BCUT2D eigenvalue weighted by Crippen LogP contribution is 2.26. The van der Waals surface area contributed by atoms with Crippen LogP contribution in [0.1, 0.15) is 20.7 Å². The molecular weight excluding hydrogens is 336 g/mol. The molecule has 1 N–H and O–H groups in total. The zero-order chi connectivity index (χ0) is 17.7. The number of amides is 1. The second kappa shape index (κ2) is 7.76. The second-order valence-electron chi connectivity index (χ2n) is 4.72. The minimum absolute atomic E-state index is 0.0180. The van der Waals surface area contributed by atoms with Crippen LogP contribution in [0.25, 0.3) is 0 Å². The molecule has 0 saturated carbocycles. The fourth-order valence-electron chi connectivity index (χ4n) is 2.05. The fraction of sp³-hybridized carbons (Fsp3) is 0.188. The maximum absolute atomic E-state index is 12.8. The average molecular weight is 351 g/mol. The Morgan fingerprint density at radius 2 is 2.04 bits per heavy atom. The van der Waals surface area contributed by atoms with Crippen molar-refractivity contribution in [2.24, 2.45) is 0 Å². The number of aromatic carboxylic acids is 1. The summed E-state index contributed by atoms with van der Waals surface area (Å²) in [5, 5.41) is 9.27. The van der Waals surface area contributed by atoms with Crippen molar-refractivity contribution >= 4 is 29.2 Å². The van der Waals surface area contributed by atoms with Crippen molar-refractivity contribution in [2.75, 3.05) is 25.9 Å². The normalized spacial score (nSPS) is 10.3. The predicted octanol–water partition coefficient (Wildman–Crippen LogP) is 2.69. The van der Waals surface area contributed by atoms with Gasteiger partial charge in [-0.1, -0.05) is 11.6 Å². The number of carboxylic acid groups (broad SMARTS) is 1. The number of rotatable bonds is 6. The summed E-state index contributed by atoms with van der Waals surface area (Å²) in [5.41, 5.74) is 0.463. The molecule has 0 saturated heterocycles. The molecular formula is C16H15ClN2O5. The molecule has 0 spiro atoms. The average Bonchev–Trinajstić information content (AvgIpc) is 2.59. The van der Waals surface area contributed by atoms with Crippen LogP contribution in [0, 0.1) is 0 Å². The quantitative estimate of drug-likeness (QED) is 0.636. The Hall–Kier alpha value is -2.64. The lowest BCUT2D eigenvalue weighted by Crippen LogP contribution is -2.33. The lowest BCUT2D eigenvalue weighted by Gasteiger charge is -2.23. The molecule has 1 amide bonds. The maximum atomic E-state index is 12.8. The SMILES string of the molecule is COCN(C(=O)c1cccnc1Cl)c1cc(OC)cc(C(=O)O)c1. The van der Waals surface area contributed by atoms with E-state index in [0.29, 0.717) is 11.4 Å². The van der Waals surface area contributed by atoms with Gasteiger partial charge in [0.15, 0.2) is 0 Å². The lowest BCUT2D eigenvalue weighted by atomic mass is 10.1. The molecule has 0 unspecified atom stereocenters. The third kappa shape index (κ3) is 3.81. The Morgan fingerprint density at radius 1 is 1.29 bits per heavy atom. The molecule has 0 aliphatic rings. The molecule has 24 heavy (non-hydrogen) atoms. The Labute approximate surface area is 143 Å². The molecule has 1 heterocycles. The predicted molar refractivity (Wildman–Crippen MR) is 87.9 cm³/mol. The Morgan fingerprint density at radius 3 is 2.62 bits per heavy atom. The molecule has 0 bridgehead atoms. The topological polar surface area (TPSA) is 89.0 Å². The summed E-state index contributed by atoms with van der Waals surface area (Å²) >= 11 is 5.97. The van der Waals surface area contributed by atoms with Crippen LogP contribution in [-0.4, -0.2) is 42.9 Å². The van der Waals surface area contributed by atoms with E-state index in [9.17, 15) is 14.7 Å². The van der Waals surface area contributed by atoms with Gasteiger partial charge in [0.25, 0.3) is 5.91 Å². The summed E-state index contributed by atoms with van der Waals surface area (Å²) in [4.78, 5) is 29.2. The number of benzene rings is 1. The van der Waals surface area contributed by atoms with Crippen molar-refractivity contribution in [3.63, 3.8) is 0 Å². The van der Waals surface area contributed by atoms with Gasteiger partial charge in [-0.15, -0.1) is 0 Å². The van der Waals surface area contributed by atoms with Gasteiger partial charge in [0.05, 0.1) is 23.9 Å². The standard InChI is InChI=1S/C16H15ClN2O5/c1-23-9-19(15(20)13-4-3-5-18-14(13)17)11-6-10(16(21)22)7-12(8-11)24-2/h3-8H,9H2,1-2H3,(H,21,22). The molecule has 8 heteroatoms. The number of hydrogen-bond acceptors (Lipinski definition) is 5. The smallest absolute Gasteiger partial charge is 0.335 e. The van der Waals surface area contributed by atoms with E-state index in [-0.39, 0.29) is 23.0 Å². The van der Waals surface area contributed by atoms with Crippen LogP contribution in [0.3, 0.4) is 0 Å². The van der Waals surface area contributed by atoms with E-state index in [2.05, 4.69) is 4.98 Å². The van der Waals surface area contributed by atoms with Crippen LogP contribution in [0.5, 0.6) is 5.75 Å². The van der Waals surface area contributed by atoms with Gasteiger partial charge in [0, 0.05) is 19.4 Å². The number of carbonyl (C=O) groups excluding carboxylic acids is 1. The van der Waals surface area contributed by atoms with Gasteiger partial charge >= 0.3 is 5.97 Å².